The number of pyridine rings is 1. The van der Waals surface area contributed by atoms with Gasteiger partial charge in [0.05, 0.1) is 11.5 Å². The molecule has 152 valence electrons. The summed E-state index contributed by atoms with van der Waals surface area (Å²) < 4.78 is 79.3. The highest BCUT2D eigenvalue weighted by Gasteiger charge is 2.67. The van der Waals surface area contributed by atoms with E-state index in [2.05, 4.69) is 20.4 Å². The van der Waals surface area contributed by atoms with E-state index >= 15 is 0 Å². The number of rotatable bonds is 7. The number of ether oxygens (including phenoxy) is 1. The molecule has 6 nitrogen and oxygen atoms in total. The first-order valence-corrected chi connectivity index (χ1v) is 7.84. The Bertz CT molecular complexity index is 661. The Labute approximate surface area is 149 Å². The van der Waals surface area contributed by atoms with Crippen molar-refractivity contribution in [1.29, 1.82) is 0 Å². The third-order valence-electron chi connectivity index (χ3n) is 4.08. The fourth-order valence-corrected chi connectivity index (χ4v) is 2.36. The SMILES string of the molecule is O=C(NCc1ccnc(OCC(F)(F)F)c1)NC[C@@H](O)C1(C(F)(F)F)CC1. The van der Waals surface area contributed by atoms with Crippen LogP contribution in [0.3, 0.4) is 0 Å². The second-order valence-electron chi connectivity index (χ2n) is 6.14. The molecule has 1 saturated carbocycles. The molecule has 0 spiro atoms. The zero-order chi connectivity index (χ0) is 20.3. The van der Waals surface area contributed by atoms with Crippen molar-refractivity contribution in [2.75, 3.05) is 13.2 Å². The van der Waals surface area contributed by atoms with Gasteiger partial charge in [0.1, 0.15) is 0 Å². The monoisotopic (exact) mass is 401 g/mol. The molecule has 1 aromatic rings. The van der Waals surface area contributed by atoms with Crippen LogP contribution in [0.2, 0.25) is 0 Å². The molecule has 2 rings (SSSR count). The van der Waals surface area contributed by atoms with Crippen LogP contribution >= 0.6 is 0 Å². The molecule has 1 atom stereocenters. The molecule has 0 unspecified atom stereocenters. The fraction of sp³-hybridized carbons (Fsp3) is 0.600. The number of aliphatic hydroxyl groups is 1. The molecular formula is C15H17F6N3O3. The standard InChI is InChI=1S/C15H17F6N3O3/c16-14(17,18)8-27-11-5-9(1-4-22-11)6-23-12(26)24-7-10(25)13(2-3-13)15(19,20)21/h1,4-5,10,25H,2-3,6-8H2,(H2,23,24,26)/t10-/m1/s1. The summed E-state index contributed by atoms with van der Waals surface area (Å²) in [6.45, 7) is -2.23. The van der Waals surface area contributed by atoms with Gasteiger partial charge in [-0.2, -0.15) is 26.3 Å². The van der Waals surface area contributed by atoms with E-state index in [1.54, 1.807) is 0 Å². The lowest BCUT2D eigenvalue weighted by molar-refractivity contribution is -0.213. The minimum absolute atomic E-state index is 0.128. The van der Waals surface area contributed by atoms with Crippen LogP contribution in [0.5, 0.6) is 5.88 Å². The Hall–Kier alpha value is -2.24. The number of halogens is 6. The van der Waals surface area contributed by atoms with Crippen molar-refractivity contribution in [2.24, 2.45) is 5.41 Å². The van der Waals surface area contributed by atoms with Crippen molar-refractivity contribution in [2.45, 2.75) is 37.8 Å². The summed E-state index contributed by atoms with van der Waals surface area (Å²) in [7, 11) is 0. The zero-order valence-electron chi connectivity index (χ0n) is 13.8. The highest BCUT2D eigenvalue weighted by atomic mass is 19.4. The second-order valence-corrected chi connectivity index (χ2v) is 6.14. The number of carbonyl (C=O) groups is 1. The molecule has 1 heterocycles. The topological polar surface area (TPSA) is 83.5 Å². The van der Waals surface area contributed by atoms with E-state index in [1.807, 2.05) is 0 Å². The third kappa shape index (κ3) is 5.88. The Morgan fingerprint density at radius 2 is 1.93 bits per heavy atom. The van der Waals surface area contributed by atoms with Gasteiger partial charge in [-0.15, -0.1) is 0 Å². The predicted molar refractivity (Wildman–Crippen MR) is 79.8 cm³/mol. The largest absolute Gasteiger partial charge is 0.468 e. The molecule has 0 aromatic carbocycles. The number of hydrogen-bond donors (Lipinski definition) is 3. The highest BCUT2D eigenvalue weighted by Crippen LogP contribution is 2.59. The van der Waals surface area contributed by atoms with Gasteiger partial charge in [0.2, 0.25) is 5.88 Å². The van der Waals surface area contributed by atoms with E-state index in [1.165, 1.54) is 18.3 Å². The van der Waals surface area contributed by atoms with Crippen LogP contribution in [-0.4, -0.2) is 47.7 Å². The second kappa shape index (κ2) is 7.79. The molecule has 1 fully saturated rings. The van der Waals surface area contributed by atoms with Crippen molar-refractivity contribution >= 4 is 6.03 Å². The van der Waals surface area contributed by atoms with E-state index < -0.39 is 43.1 Å². The minimum Gasteiger partial charge on any atom is -0.468 e. The maximum absolute atomic E-state index is 12.8. The van der Waals surface area contributed by atoms with Crippen LogP contribution in [-0.2, 0) is 6.54 Å². The molecule has 12 heteroatoms. The van der Waals surface area contributed by atoms with E-state index in [0.29, 0.717) is 5.56 Å². The normalized spacial score (nSPS) is 17.1. The first kappa shape index (κ1) is 21.1. The number of alkyl halides is 6. The Morgan fingerprint density at radius 3 is 2.48 bits per heavy atom. The lowest BCUT2D eigenvalue weighted by Gasteiger charge is -2.25. The maximum Gasteiger partial charge on any atom is 0.422 e. The van der Waals surface area contributed by atoms with Crippen LogP contribution in [0.1, 0.15) is 18.4 Å². The molecule has 2 amide bonds. The van der Waals surface area contributed by atoms with Crippen LogP contribution in [0.4, 0.5) is 31.1 Å². The quantitative estimate of drug-likeness (QED) is 0.614. The third-order valence-corrected chi connectivity index (χ3v) is 4.08. The van der Waals surface area contributed by atoms with Gasteiger partial charge >= 0.3 is 18.4 Å². The summed E-state index contributed by atoms with van der Waals surface area (Å²) in [5.41, 5.74) is -1.80. The number of nitrogens with one attached hydrogen (secondary N) is 2. The van der Waals surface area contributed by atoms with Gasteiger partial charge in [-0.05, 0) is 24.5 Å². The number of carbonyl (C=O) groups excluding carboxylic acids is 1. The molecular weight excluding hydrogens is 384 g/mol. The molecule has 27 heavy (non-hydrogen) atoms. The molecule has 1 aromatic heterocycles. The van der Waals surface area contributed by atoms with Crippen LogP contribution in [0.15, 0.2) is 18.3 Å². The van der Waals surface area contributed by atoms with Gasteiger partial charge in [-0.1, -0.05) is 0 Å². The lowest BCUT2D eigenvalue weighted by atomic mass is 9.98. The van der Waals surface area contributed by atoms with Crippen molar-refractivity contribution < 1.29 is 41.0 Å². The number of amides is 2. The van der Waals surface area contributed by atoms with Gasteiger partial charge in [-0.25, -0.2) is 9.78 Å². The first-order valence-electron chi connectivity index (χ1n) is 7.84. The smallest absolute Gasteiger partial charge is 0.422 e. The molecule has 0 bridgehead atoms. The molecule has 1 aliphatic rings. The number of urea groups is 1. The minimum atomic E-state index is -4.55. The van der Waals surface area contributed by atoms with Crippen LogP contribution in [0, 0.1) is 5.41 Å². The number of hydrogen-bond acceptors (Lipinski definition) is 4. The fourth-order valence-electron chi connectivity index (χ4n) is 2.36. The van der Waals surface area contributed by atoms with E-state index in [9.17, 15) is 36.2 Å². The van der Waals surface area contributed by atoms with E-state index in [4.69, 9.17) is 0 Å². The van der Waals surface area contributed by atoms with Crippen molar-refractivity contribution in [3.8, 4) is 5.88 Å². The average Bonchev–Trinajstić information content (AvgIpc) is 3.37. The summed E-state index contributed by atoms with van der Waals surface area (Å²) in [5.74, 6) is -0.289. The first-order chi connectivity index (χ1) is 12.4. The maximum atomic E-state index is 12.8. The van der Waals surface area contributed by atoms with E-state index in [-0.39, 0.29) is 25.3 Å². The van der Waals surface area contributed by atoms with Crippen molar-refractivity contribution in [1.82, 2.24) is 15.6 Å². The van der Waals surface area contributed by atoms with Crippen molar-refractivity contribution in [3.05, 3.63) is 23.9 Å². The summed E-state index contributed by atoms with van der Waals surface area (Å²) in [4.78, 5) is 15.2. The average molecular weight is 401 g/mol. The van der Waals surface area contributed by atoms with Gasteiger partial charge in [0.15, 0.2) is 6.61 Å². The lowest BCUT2D eigenvalue weighted by Crippen LogP contribution is -2.46. The highest BCUT2D eigenvalue weighted by molar-refractivity contribution is 5.73. The molecule has 3 N–H and O–H groups in total. The molecule has 0 saturated heterocycles. The van der Waals surface area contributed by atoms with Crippen molar-refractivity contribution in [3.63, 3.8) is 0 Å². The summed E-state index contributed by atoms with van der Waals surface area (Å²) in [6, 6.07) is 1.77. The van der Waals surface area contributed by atoms with Crippen LogP contribution in [0.25, 0.3) is 0 Å². The van der Waals surface area contributed by atoms with E-state index in [0.717, 1.165) is 0 Å². The predicted octanol–water partition coefficient (Wildman–Crippen LogP) is 2.53. The number of nitrogens with zero attached hydrogens (tertiary/aromatic N) is 1. The summed E-state index contributed by atoms with van der Waals surface area (Å²) >= 11 is 0. The number of aromatic nitrogens is 1. The van der Waals surface area contributed by atoms with Gasteiger partial charge in [-0.3, -0.25) is 0 Å². The number of aliphatic hydroxyl groups excluding tert-OH is 1. The Kier molecular flexibility index (Phi) is 6.07. The van der Waals surface area contributed by atoms with Gasteiger partial charge in [0, 0.05) is 25.4 Å². The Balaban J connectivity index is 1.77. The molecule has 0 aliphatic heterocycles. The Morgan fingerprint density at radius 1 is 1.26 bits per heavy atom. The molecule has 1 aliphatic carbocycles. The summed E-state index contributed by atoms with van der Waals surface area (Å²) in [6.07, 6.45) is -10.0. The van der Waals surface area contributed by atoms with Gasteiger partial charge in [0.25, 0.3) is 0 Å². The van der Waals surface area contributed by atoms with Gasteiger partial charge < -0.3 is 20.5 Å². The molecule has 0 radical (unpaired) electrons. The van der Waals surface area contributed by atoms with Crippen LogP contribution < -0.4 is 15.4 Å². The zero-order valence-corrected chi connectivity index (χ0v) is 13.8. The summed E-state index contributed by atoms with van der Waals surface area (Å²) in [5, 5.41) is 14.1.